The molecule has 6 nitrogen and oxygen atoms in total. The number of nitrogens with zero attached hydrogens (tertiary/aromatic N) is 3. The molecule has 0 fully saturated rings. The fraction of sp³-hybridized carbons (Fsp3) is 0.0500. The van der Waals surface area contributed by atoms with Crippen LogP contribution in [0.5, 0.6) is 0 Å². The van der Waals surface area contributed by atoms with Crippen molar-refractivity contribution in [2.24, 2.45) is 0 Å². The third kappa shape index (κ3) is 3.24. The van der Waals surface area contributed by atoms with Crippen molar-refractivity contribution in [3.8, 4) is 0 Å². The van der Waals surface area contributed by atoms with Crippen molar-refractivity contribution in [2.75, 3.05) is 4.31 Å². The van der Waals surface area contributed by atoms with Crippen LogP contribution in [-0.2, 0) is 4.79 Å². The molecule has 1 amide bonds. The standard InChI is InChI=1S/C20H16BrN3O3S/c1-13(25)24(17-9-15-3-2-4-19(21)20(15)23-12-17)28(26,27)18-6-5-14-7-8-22-11-16(14)10-18/h2-12,26-27H,1H3. The quantitative estimate of drug-likeness (QED) is 0.416. The number of fused-ring (bicyclic) bond motifs is 2. The number of aromatic nitrogens is 2. The summed E-state index contributed by atoms with van der Waals surface area (Å²) in [6, 6.07) is 14.1. The predicted octanol–water partition coefficient (Wildman–Crippen LogP) is 5.62. The van der Waals surface area contributed by atoms with Gasteiger partial charge in [0.15, 0.2) is 0 Å². The first kappa shape index (κ1) is 18.8. The van der Waals surface area contributed by atoms with Crippen molar-refractivity contribution < 1.29 is 13.9 Å². The van der Waals surface area contributed by atoms with Crippen LogP contribution in [0.2, 0.25) is 0 Å². The maximum Gasteiger partial charge on any atom is 0.242 e. The maximum absolute atomic E-state index is 12.4. The zero-order chi connectivity index (χ0) is 19.9. The van der Waals surface area contributed by atoms with Crippen LogP contribution in [0.1, 0.15) is 6.92 Å². The van der Waals surface area contributed by atoms with E-state index in [1.165, 1.54) is 13.1 Å². The number of carbonyl (C=O) groups excluding carboxylic acids is 1. The van der Waals surface area contributed by atoms with E-state index < -0.39 is 16.7 Å². The second-order valence-electron chi connectivity index (χ2n) is 6.22. The molecule has 0 saturated carbocycles. The molecule has 0 spiro atoms. The molecule has 0 unspecified atom stereocenters. The highest BCUT2D eigenvalue weighted by Crippen LogP contribution is 2.54. The Bertz CT molecular complexity index is 1220. The lowest BCUT2D eigenvalue weighted by Crippen LogP contribution is -2.32. The van der Waals surface area contributed by atoms with Crippen molar-refractivity contribution in [3.05, 3.63) is 71.6 Å². The summed E-state index contributed by atoms with van der Waals surface area (Å²) in [6.45, 7) is 1.29. The Labute approximate surface area is 171 Å². The topological polar surface area (TPSA) is 86.6 Å². The Hall–Kier alpha value is -2.52. The normalized spacial score (nSPS) is 12.3. The largest absolute Gasteiger partial charge is 0.277 e. The van der Waals surface area contributed by atoms with Gasteiger partial charge in [-0.3, -0.25) is 23.9 Å². The molecule has 4 rings (SSSR count). The minimum absolute atomic E-state index is 0.234. The van der Waals surface area contributed by atoms with Gasteiger partial charge in [0.25, 0.3) is 0 Å². The van der Waals surface area contributed by atoms with Gasteiger partial charge in [0.05, 0.1) is 22.3 Å². The van der Waals surface area contributed by atoms with Crippen LogP contribution < -0.4 is 4.31 Å². The number of para-hydroxylation sites is 1. The second-order valence-corrected chi connectivity index (χ2v) is 8.95. The summed E-state index contributed by atoms with van der Waals surface area (Å²) in [5.41, 5.74) is 1.03. The number of amides is 1. The van der Waals surface area contributed by atoms with Crippen molar-refractivity contribution in [1.29, 1.82) is 0 Å². The van der Waals surface area contributed by atoms with Gasteiger partial charge in [0.2, 0.25) is 5.91 Å². The first-order valence-electron chi connectivity index (χ1n) is 8.35. The van der Waals surface area contributed by atoms with E-state index in [2.05, 4.69) is 25.9 Å². The van der Waals surface area contributed by atoms with E-state index in [0.29, 0.717) is 5.69 Å². The summed E-state index contributed by atoms with van der Waals surface area (Å²) in [5.74, 6) is -0.498. The van der Waals surface area contributed by atoms with Crippen LogP contribution in [0.25, 0.3) is 21.7 Å². The lowest BCUT2D eigenvalue weighted by Gasteiger charge is -2.42. The molecule has 0 saturated heterocycles. The van der Waals surface area contributed by atoms with Gasteiger partial charge in [-0.15, -0.1) is 0 Å². The molecule has 2 N–H and O–H groups in total. The third-order valence-corrected chi connectivity index (χ3v) is 6.85. The summed E-state index contributed by atoms with van der Waals surface area (Å²) in [5, 5.41) is 2.45. The molecule has 0 bridgehead atoms. The van der Waals surface area contributed by atoms with Crippen LogP contribution in [0.4, 0.5) is 5.69 Å². The van der Waals surface area contributed by atoms with Gasteiger partial charge in [0.1, 0.15) is 0 Å². The smallest absolute Gasteiger partial charge is 0.242 e. The van der Waals surface area contributed by atoms with Crippen molar-refractivity contribution in [2.45, 2.75) is 11.8 Å². The molecule has 28 heavy (non-hydrogen) atoms. The van der Waals surface area contributed by atoms with E-state index in [1.54, 1.807) is 36.7 Å². The van der Waals surface area contributed by atoms with E-state index in [1.807, 2.05) is 24.3 Å². The van der Waals surface area contributed by atoms with E-state index in [-0.39, 0.29) is 4.90 Å². The number of anilines is 1. The average Bonchev–Trinajstić information content (AvgIpc) is 2.67. The van der Waals surface area contributed by atoms with Gasteiger partial charge in [0, 0.05) is 34.6 Å². The van der Waals surface area contributed by atoms with Crippen LogP contribution in [-0.4, -0.2) is 25.0 Å². The summed E-state index contributed by atoms with van der Waals surface area (Å²) < 4.78 is 23.9. The minimum Gasteiger partial charge on any atom is -0.277 e. The van der Waals surface area contributed by atoms with Gasteiger partial charge in [-0.1, -0.05) is 29.0 Å². The molecule has 142 valence electrons. The fourth-order valence-corrected chi connectivity index (χ4v) is 5.05. The number of halogens is 1. The Kier molecular flexibility index (Phi) is 4.80. The SMILES string of the molecule is CC(=O)N(c1cnc2c(Br)cccc2c1)S(O)(O)c1ccc2ccncc2c1. The van der Waals surface area contributed by atoms with Gasteiger partial charge in [-0.05, 0) is 51.6 Å². The first-order chi connectivity index (χ1) is 13.4. The van der Waals surface area contributed by atoms with Gasteiger partial charge < -0.3 is 0 Å². The highest BCUT2D eigenvalue weighted by atomic mass is 79.9. The summed E-state index contributed by atoms with van der Waals surface area (Å²) >= 11 is 3.44. The Morgan fingerprint density at radius 3 is 2.64 bits per heavy atom. The molecular formula is C20H16BrN3O3S. The lowest BCUT2D eigenvalue weighted by atomic mass is 10.2. The number of rotatable bonds is 3. The second kappa shape index (κ2) is 7.14. The molecule has 0 aliphatic rings. The van der Waals surface area contributed by atoms with Gasteiger partial charge in [-0.25, -0.2) is 4.31 Å². The van der Waals surface area contributed by atoms with E-state index in [9.17, 15) is 13.9 Å². The molecule has 0 aliphatic heterocycles. The minimum atomic E-state index is -3.62. The van der Waals surface area contributed by atoms with E-state index in [4.69, 9.17) is 0 Å². The Morgan fingerprint density at radius 2 is 1.86 bits per heavy atom. The van der Waals surface area contributed by atoms with Crippen LogP contribution in [0.15, 0.2) is 76.5 Å². The number of pyridine rings is 2. The fourth-order valence-electron chi connectivity index (χ4n) is 3.07. The zero-order valence-corrected chi connectivity index (χ0v) is 17.2. The molecule has 2 aromatic carbocycles. The average molecular weight is 458 g/mol. The highest BCUT2D eigenvalue weighted by Gasteiger charge is 2.30. The summed E-state index contributed by atoms with van der Waals surface area (Å²) in [4.78, 5) is 21.1. The molecule has 2 heterocycles. The number of carbonyl (C=O) groups is 1. The van der Waals surface area contributed by atoms with Crippen molar-refractivity contribution in [3.63, 3.8) is 0 Å². The molecule has 0 atom stereocenters. The molecule has 4 aromatic rings. The molecule has 2 aromatic heterocycles. The lowest BCUT2D eigenvalue weighted by molar-refractivity contribution is -0.115. The van der Waals surface area contributed by atoms with Crippen LogP contribution in [0, 0.1) is 0 Å². The van der Waals surface area contributed by atoms with E-state index in [0.717, 1.165) is 30.5 Å². The molecule has 0 aliphatic carbocycles. The van der Waals surface area contributed by atoms with E-state index >= 15 is 0 Å². The highest BCUT2D eigenvalue weighted by molar-refractivity contribution is 9.10. The molecular weight excluding hydrogens is 442 g/mol. The molecule has 0 radical (unpaired) electrons. The number of benzene rings is 2. The van der Waals surface area contributed by atoms with Gasteiger partial charge in [-0.2, -0.15) is 0 Å². The van der Waals surface area contributed by atoms with Gasteiger partial charge >= 0.3 is 0 Å². The number of hydrogen-bond acceptors (Lipinski definition) is 5. The predicted molar refractivity (Wildman–Crippen MR) is 115 cm³/mol. The van der Waals surface area contributed by atoms with Crippen LogP contribution in [0.3, 0.4) is 0 Å². The zero-order valence-electron chi connectivity index (χ0n) is 14.8. The molecule has 8 heteroatoms. The monoisotopic (exact) mass is 457 g/mol. The Balaban J connectivity index is 1.85. The summed E-state index contributed by atoms with van der Waals surface area (Å²) in [7, 11) is -3.62. The van der Waals surface area contributed by atoms with Crippen molar-refractivity contribution >= 4 is 60.0 Å². The van der Waals surface area contributed by atoms with Crippen molar-refractivity contribution in [1.82, 2.24) is 9.97 Å². The summed E-state index contributed by atoms with van der Waals surface area (Å²) in [6.07, 6.45) is 4.77. The number of hydrogen-bond donors (Lipinski definition) is 2. The third-order valence-electron chi connectivity index (χ3n) is 4.35. The first-order valence-corrected chi connectivity index (χ1v) is 10.6. The maximum atomic E-state index is 12.4. The van der Waals surface area contributed by atoms with Crippen LogP contribution >= 0.6 is 26.7 Å². The Morgan fingerprint density at radius 1 is 1.04 bits per heavy atom.